The van der Waals surface area contributed by atoms with Gasteiger partial charge in [-0.05, 0) is 29.8 Å². The van der Waals surface area contributed by atoms with Crippen molar-refractivity contribution in [3.8, 4) is 17.2 Å². The van der Waals surface area contributed by atoms with Crippen LogP contribution >= 0.6 is 15.9 Å². The Bertz CT molecular complexity index is 564. The van der Waals surface area contributed by atoms with Crippen molar-refractivity contribution in [3.05, 3.63) is 53.6 Å². The minimum atomic E-state index is -0.750. The molecule has 5 heteroatoms. The lowest BCUT2D eigenvalue weighted by Gasteiger charge is -2.11. The van der Waals surface area contributed by atoms with Crippen LogP contribution in [-0.2, 0) is 5.33 Å². The predicted octanol–water partition coefficient (Wildman–Crippen LogP) is 4.66. The Morgan fingerprint density at radius 1 is 1.05 bits per heavy atom. The van der Waals surface area contributed by atoms with E-state index in [-0.39, 0.29) is 5.75 Å². The Balaban J connectivity index is 2.38. The Kier molecular flexibility index (Phi) is 4.37. The molecule has 2 aromatic carbocycles. The van der Waals surface area contributed by atoms with Gasteiger partial charge in [0.05, 0.1) is 7.11 Å². The molecule has 0 amide bonds. The highest BCUT2D eigenvalue weighted by Crippen LogP contribution is 2.34. The molecule has 0 saturated carbocycles. The van der Waals surface area contributed by atoms with Crippen molar-refractivity contribution in [1.82, 2.24) is 0 Å². The number of para-hydroxylation sites is 2. The topological polar surface area (TPSA) is 18.5 Å². The molecular weight excluding hydrogens is 318 g/mol. The van der Waals surface area contributed by atoms with Gasteiger partial charge in [0.15, 0.2) is 28.9 Å². The lowest BCUT2D eigenvalue weighted by molar-refractivity contribution is 0.359. The summed E-state index contributed by atoms with van der Waals surface area (Å²) < 4.78 is 37.9. The molecule has 0 fully saturated rings. The zero-order chi connectivity index (χ0) is 13.8. The highest BCUT2D eigenvalue weighted by atomic mass is 79.9. The smallest absolute Gasteiger partial charge is 0.198 e. The molecule has 0 heterocycles. The van der Waals surface area contributed by atoms with E-state index in [1.807, 2.05) is 0 Å². The third-order valence-electron chi connectivity index (χ3n) is 2.49. The first-order valence-electron chi connectivity index (χ1n) is 5.50. The first-order chi connectivity index (χ1) is 9.15. The zero-order valence-corrected chi connectivity index (χ0v) is 11.7. The van der Waals surface area contributed by atoms with E-state index >= 15 is 0 Å². The predicted molar refractivity (Wildman–Crippen MR) is 72.1 cm³/mol. The first-order valence-corrected chi connectivity index (χ1v) is 6.62. The van der Waals surface area contributed by atoms with Crippen LogP contribution < -0.4 is 9.47 Å². The van der Waals surface area contributed by atoms with Crippen LogP contribution in [0, 0.1) is 11.6 Å². The molecule has 0 atom stereocenters. The summed E-state index contributed by atoms with van der Waals surface area (Å²) in [5, 5.41) is 0.371. The molecule has 0 radical (unpaired) electrons. The van der Waals surface area contributed by atoms with Gasteiger partial charge in [0.25, 0.3) is 0 Å². The molecule has 19 heavy (non-hydrogen) atoms. The van der Waals surface area contributed by atoms with Crippen LogP contribution in [0.15, 0.2) is 36.4 Å². The van der Waals surface area contributed by atoms with Crippen LogP contribution in [0.25, 0.3) is 0 Å². The van der Waals surface area contributed by atoms with Gasteiger partial charge in [-0.15, -0.1) is 0 Å². The Labute approximate surface area is 118 Å². The molecule has 0 aromatic heterocycles. The third-order valence-corrected chi connectivity index (χ3v) is 3.14. The van der Waals surface area contributed by atoms with Crippen molar-refractivity contribution in [2.24, 2.45) is 0 Å². The van der Waals surface area contributed by atoms with Crippen molar-refractivity contribution in [2.75, 3.05) is 7.11 Å². The molecule has 0 aliphatic heterocycles. The van der Waals surface area contributed by atoms with Crippen molar-refractivity contribution >= 4 is 15.9 Å². The van der Waals surface area contributed by atoms with E-state index in [4.69, 9.17) is 9.47 Å². The van der Waals surface area contributed by atoms with Crippen LogP contribution in [0.5, 0.6) is 17.2 Å². The van der Waals surface area contributed by atoms with E-state index < -0.39 is 17.4 Å². The quantitative estimate of drug-likeness (QED) is 0.760. The van der Waals surface area contributed by atoms with Gasteiger partial charge in [-0.2, -0.15) is 0 Å². The molecule has 2 nitrogen and oxygen atoms in total. The fraction of sp³-hybridized carbons (Fsp3) is 0.143. The van der Waals surface area contributed by atoms with Crippen molar-refractivity contribution in [1.29, 1.82) is 0 Å². The summed E-state index contributed by atoms with van der Waals surface area (Å²) in [6.45, 7) is 0. The number of rotatable bonds is 4. The van der Waals surface area contributed by atoms with Crippen LogP contribution in [0.4, 0.5) is 8.78 Å². The van der Waals surface area contributed by atoms with E-state index in [0.717, 1.165) is 0 Å². The largest absolute Gasteiger partial charge is 0.493 e. The van der Waals surface area contributed by atoms with Gasteiger partial charge in [0.1, 0.15) is 0 Å². The molecule has 100 valence electrons. The molecule has 0 saturated heterocycles. The van der Waals surface area contributed by atoms with Crippen LogP contribution in [0.3, 0.4) is 0 Å². The molecule has 0 unspecified atom stereocenters. The Morgan fingerprint density at radius 3 is 2.16 bits per heavy atom. The van der Waals surface area contributed by atoms with Gasteiger partial charge in [-0.3, -0.25) is 0 Å². The number of ether oxygens (including phenoxy) is 2. The van der Waals surface area contributed by atoms with E-state index in [1.54, 1.807) is 24.3 Å². The molecule has 0 spiro atoms. The molecule has 0 aliphatic carbocycles. The summed E-state index contributed by atoms with van der Waals surface area (Å²) >= 11 is 3.15. The number of hydrogen-bond donors (Lipinski definition) is 0. The zero-order valence-electron chi connectivity index (χ0n) is 10.1. The number of halogens is 3. The molecular formula is C14H11BrF2O2. The fourth-order valence-electron chi connectivity index (χ4n) is 1.60. The molecule has 2 rings (SSSR count). The van der Waals surface area contributed by atoms with E-state index in [2.05, 4.69) is 15.9 Å². The third kappa shape index (κ3) is 3.04. The second-order valence-electron chi connectivity index (χ2n) is 3.78. The average molecular weight is 329 g/mol. The van der Waals surface area contributed by atoms with Gasteiger partial charge in [-0.1, -0.05) is 28.1 Å². The second-order valence-corrected chi connectivity index (χ2v) is 4.34. The SMILES string of the molecule is COc1ccccc1Oc1c(F)cc(CBr)cc1F. The number of methoxy groups -OCH3 is 1. The van der Waals surface area contributed by atoms with Gasteiger partial charge in [-0.25, -0.2) is 8.78 Å². The number of alkyl halides is 1. The van der Waals surface area contributed by atoms with E-state index in [1.165, 1.54) is 19.2 Å². The van der Waals surface area contributed by atoms with Gasteiger partial charge in [0.2, 0.25) is 0 Å². The highest BCUT2D eigenvalue weighted by molar-refractivity contribution is 9.08. The molecule has 0 N–H and O–H groups in total. The maximum Gasteiger partial charge on any atom is 0.198 e. The average Bonchev–Trinajstić information content (AvgIpc) is 2.43. The van der Waals surface area contributed by atoms with Gasteiger partial charge >= 0.3 is 0 Å². The minimum Gasteiger partial charge on any atom is -0.493 e. The van der Waals surface area contributed by atoms with Crippen LogP contribution in [-0.4, -0.2) is 7.11 Å². The van der Waals surface area contributed by atoms with Crippen molar-refractivity contribution in [3.63, 3.8) is 0 Å². The van der Waals surface area contributed by atoms with E-state index in [0.29, 0.717) is 16.6 Å². The minimum absolute atomic E-state index is 0.259. The van der Waals surface area contributed by atoms with Gasteiger partial charge in [0, 0.05) is 5.33 Å². The maximum atomic E-state index is 13.8. The van der Waals surface area contributed by atoms with Crippen LogP contribution in [0.1, 0.15) is 5.56 Å². The fourth-order valence-corrected chi connectivity index (χ4v) is 1.92. The van der Waals surface area contributed by atoms with E-state index in [9.17, 15) is 8.78 Å². The molecule has 2 aromatic rings. The second kappa shape index (κ2) is 6.02. The lowest BCUT2D eigenvalue weighted by Crippen LogP contribution is -1.96. The summed E-state index contributed by atoms with van der Waals surface area (Å²) in [5.74, 6) is -1.27. The summed E-state index contributed by atoms with van der Waals surface area (Å²) in [6, 6.07) is 9.12. The van der Waals surface area contributed by atoms with Crippen LogP contribution in [0.2, 0.25) is 0 Å². The normalized spacial score (nSPS) is 10.3. The standard InChI is InChI=1S/C14H11BrF2O2/c1-18-12-4-2-3-5-13(12)19-14-10(16)6-9(8-15)7-11(14)17/h2-7H,8H2,1H3. The van der Waals surface area contributed by atoms with Crippen molar-refractivity contribution < 1.29 is 18.3 Å². The summed E-state index contributed by atoms with van der Waals surface area (Å²) in [4.78, 5) is 0. The molecule has 0 bridgehead atoms. The summed E-state index contributed by atoms with van der Waals surface area (Å²) in [5.41, 5.74) is 0.502. The van der Waals surface area contributed by atoms with Gasteiger partial charge < -0.3 is 9.47 Å². The highest BCUT2D eigenvalue weighted by Gasteiger charge is 2.15. The maximum absolute atomic E-state index is 13.8. The monoisotopic (exact) mass is 328 g/mol. The number of hydrogen-bond acceptors (Lipinski definition) is 2. The lowest BCUT2D eigenvalue weighted by atomic mass is 10.2. The van der Waals surface area contributed by atoms with Crippen molar-refractivity contribution in [2.45, 2.75) is 5.33 Å². The number of benzene rings is 2. The Morgan fingerprint density at radius 2 is 1.63 bits per heavy atom. The summed E-state index contributed by atoms with van der Waals surface area (Å²) in [7, 11) is 1.46. The first kappa shape index (κ1) is 13.8. The summed E-state index contributed by atoms with van der Waals surface area (Å²) in [6.07, 6.45) is 0. The molecule has 0 aliphatic rings. The Hall–Kier alpha value is -1.62.